The number of hydrogen-bond acceptors (Lipinski definition) is 1. The standard InChI is InChI=1S/C15H15N2P/c1-11-2-7-15-16-14(9-17(15)8-11)13-5-3-12(10-18)4-6-13/h2-9H,10,18H2,1H3. The molecule has 2 heterocycles. The van der Waals surface area contributed by atoms with Crippen molar-refractivity contribution in [2.24, 2.45) is 0 Å². The zero-order valence-corrected chi connectivity index (χ0v) is 11.5. The minimum absolute atomic E-state index is 0.991. The Bertz CT molecular complexity index is 683. The fourth-order valence-corrected chi connectivity index (χ4v) is 2.33. The number of imidazole rings is 1. The first kappa shape index (κ1) is 11.4. The lowest BCUT2D eigenvalue weighted by Crippen LogP contribution is -1.82. The molecule has 2 nitrogen and oxygen atoms in total. The molecule has 3 rings (SSSR count). The minimum atomic E-state index is 0.991. The van der Waals surface area contributed by atoms with Crippen molar-refractivity contribution in [3.8, 4) is 11.3 Å². The summed E-state index contributed by atoms with van der Waals surface area (Å²) in [6.45, 7) is 2.09. The molecular weight excluding hydrogens is 239 g/mol. The number of pyridine rings is 1. The first-order valence-corrected chi connectivity index (χ1v) is 6.82. The Morgan fingerprint density at radius 1 is 1.06 bits per heavy atom. The molecule has 3 aromatic rings. The summed E-state index contributed by atoms with van der Waals surface area (Å²) in [5.41, 5.74) is 5.74. The van der Waals surface area contributed by atoms with Gasteiger partial charge in [-0.1, -0.05) is 30.3 Å². The van der Waals surface area contributed by atoms with Crippen LogP contribution in [0.5, 0.6) is 0 Å². The summed E-state index contributed by atoms with van der Waals surface area (Å²) in [5, 5.41) is 0. The molecule has 0 fully saturated rings. The van der Waals surface area contributed by atoms with Gasteiger partial charge in [-0.2, -0.15) is 0 Å². The molecule has 0 aliphatic carbocycles. The largest absolute Gasteiger partial charge is 0.306 e. The molecule has 0 radical (unpaired) electrons. The summed E-state index contributed by atoms with van der Waals surface area (Å²) in [7, 11) is 2.74. The molecular formula is C15H15N2P. The Labute approximate surface area is 109 Å². The third-order valence-electron chi connectivity index (χ3n) is 3.08. The second-order valence-corrected chi connectivity index (χ2v) is 4.91. The lowest BCUT2D eigenvalue weighted by atomic mass is 10.1. The Morgan fingerprint density at radius 2 is 1.83 bits per heavy atom. The minimum Gasteiger partial charge on any atom is -0.306 e. The van der Waals surface area contributed by atoms with Crippen molar-refractivity contribution < 1.29 is 0 Å². The monoisotopic (exact) mass is 254 g/mol. The highest BCUT2D eigenvalue weighted by Crippen LogP contribution is 2.20. The van der Waals surface area contributed by atoms with Crippen LogP contribution >= 0.6 is 9.24 Å². The molecule has 1 atom stereocenters. The predicted molar refractivity (Wildman–Crippen MR) is 78.8 cm³/mol. The quantitative estimate of drug-likeness (QED) is 0.637. The van der Waals surface area contributed by atoms with E-state index in [0.717, 1.165) is 17.5 Å². The molecule has 1 unspecified atom stereocenters. The Kier molecular flexibility index (Phi) is 2.89. The van der Waals surface area contributed by atoms with Gasteiger partial charge in [-0.15, -0.1) is 9.24 Å². The third-order valence-corrected chi connectivity index (χ3v) is 3.56. The van der Waals surface area contributed by atoms with E-state index in [4.69, 9.17) is 0 Å². The van der Waals surface area contributed by atoms with Gasteiger partial charge in [-0.25, -0.2) is 4.98 Å². The van der Waals surface area contributed by atoms with Gasteiger partial charge in [0.25, 0.3) is 0 Å². The van der Waals surface area contributed by atoms with E-state index < -0.39 is 0 Å². The van der Waals surface area contributed by atoms with Gasteiger partial charge in [0, 0.05) is 18.0 Å². The van der Waals surface area contributed by atoms with Crippen molar-refractivity contribution in [2.45, 2.75) is 13.1 Å². The first-order chi connectivity index (χ1) is 8.76. The third kappa shape index (κ3) is 2.04. The van der Waals surface area contributed by atoms with E-state index in [1.165, 1.54) is 16.7 Å². The number of aromatic nitrogens is 2. The van der Waals surface area contributed by atoms with E-state index in [0.29, 0.717) is 0 Å². The maximum absolute atomic E-state index is 4.64. The molecule has 0 bridgehead atoms. The predicted octanol–water partition coefficient (Wildman–Crippen LogP) is 3.68. The first-order valence-electron chi connectivity index (χ1n) is 6.01. The molecule has 18 heavy (non-hydrogen) atoms. The van der Waals surface area contributed by atoms with Crippen LogP contribution in [0.15, 0.2) is 48.8 Å². The highest BCUT2D eigenvalue weighted by molar-refractivity contribution is 7.15. The number of fused-ring (bicyclic) bond motifs is 1. The zero-order valence-electron chi connectivity index (χ0n) is 10.3. The normalized spacial score (nSPS) is 11.0. The highest BCUT2D eigenvalue weighted by Gasteiger charge is 2.04. The van der Waals surface area contributed by atoms with Crippen LogP contribution < -0.4 is 0 Å². The average Bonchev–Trinajstić information content (AvgIpc) is 2.81. The van der Waals surface area contributed by atoms with Crippen LogP contribution in [0.2, 0.25) is 0 Å². The average molecular weight is 254 g/mol. The van der Waals surface area contributed by atoms with Crippen LogP contribution in [-0.2, 0) is 6.16 Å². The fourth-order valence-electron chi connectivity index (χ4n) is 2.05. The van der Waals surface area contributed by atoms with Crippen molar-refractivity contribution in [1.29, 1.82) is 0 Å². The summed E-state index contributed by atoms with van der Waals surface area (Å²) in [5.74, 6) is 0. The van der Waals surface area contributed by atoms with E-state index in [9.17, 15) is 0 Å². The number of hydrogen-bond donors (Lipinski definition) is 0. The second kappa shape index (κ2) is 4.55. The molecule has 0 aliphatic rings. The van der Waals surface area contributed by atoms with Crippen LogP contribution in [-0.4, -0.2) is 9.38 Å². The molecule has 2 aromatic heterocycles. The molecule has 0 spiro atoms. The van der Waals surface area contributed by atoms with Gasteiger partial charge in [0.1, 0.15) is 5.65 Å². The molecule has 0 aliphatic heterocycles. The van der Waals surface area contributed by atoms with Crippen LogP contribution in [0, 0.1) is 6.92 Å². The zero-order chi connectivity index (χ0) is 12.5. The molecule has 0 saturated heterocycles. The molecule has 0 amide bonds. The lowest BCUT2D eigenvalue weighted by molar-refractivity contribution is 1.16. The van der Waals surface area contributed by atoms with E-state index in [2.05, 4.69) is 74.3 Å². The van der Waals surface area contributed by atoms with Gasteiger partial charge in [0.05, 0.1) is 5.69 Å². The van der Waals surface area contributed by atoms with E-state index in [1.807, 2.05) is 0 Å². The highest BCUT2D eigenvalue weighted by atomic mass is 31.0. The van der Waals surface area contributed by atoms with E-state index >= 15 is 0 Å². The molecule has 0 saturated carbocycles. The summed E-state index contributed by atoms with van der Waals surface area (Å²) in [6.07, 6.45) is 5.17. The van der Waals surface area contributed by atoms with Crippen molar-refractivity contribution in [3.05, 3.63) is 59.9 Å². The topological polar surface area (TPSA) is 17.3 Å². The Hall–Kier alpha value is -1.66. The smallest absolute Gasteiger partial charge is 0.137 e. The second-order valence-electron chi connectivity index (χ2n) is 4.50. The van der Waals surface area contributed by atoms with Gasteiger partial charge in [0.15, 0.2) is 0 Å². The lowest BCUT2D eigenvalue weighted by Gasteiger charge is -1.98. The maximum atomic E-state index is 4.64. The number of rotatable bonds is 2. The maximum Gasteiger partial charge on any atom is 0.137 e. The molecule has 90 valence electrons. The Balaban J connectivity index is 2.07. The van der Waals surface area contributed by atoms with Crippen LogP contribution in [0.1, 0.15) is 11.1 Å². The van der Waals surface area contributed by atoms with Crippen molar-refractivity contribution in [2.75, 3.05) is 0 Å². The SMILES string of the molecule is Cc1ccc2nc(-c3ccc(CP)cc3)cn2c1. The van der Waals surface area contributed by atoms with Crippen LogP contribution in [0.25, 0.3) is 16.9 Å². The summed E-state index contributed by atoms with van der Waals surface area (Å²) in [4.78, 5) is 4.64. The van der Waals surface area contributed by atoms with Crippen LogP contribution in [0.4, 0.5) is 0 Å². The van der Waals surface area contributed by atoms with E-state index in [1.54, 1.807) is 0 Å². The summed E-state index contributed by atoms with van der Waals surface area (Å²) >= 11 is 0. The number of nitrogens with zero attached hydrogens (tertiary/aromatic N) is 2. The van der Waals surface area contributed by atoms with Gasteiger partial charge >= 0.3 is 0 Å². The van der Waals surface area contributed by atoms with Crippen molar-refractivity contribution in [1.82, 2.24) is 9.38 Å². The van der Waals surface area contributed by atoms with Crippen molar-refractivity contribution >= 4 is 14.9 Å². The van der Waals surface area contributed by atoms with Crippen molar-refractivity contribution in [3.63, 3.8) is 0 Å². The van der Waals surface area contributed by atoms with Gasteiger partial charge in [0.2, 0.25) is 0 Å². The van der Waals surface area contributed by atoms with Gasteiger partial charge in [-0.05, 0) is 30.3 Å². The molecule has 3 heteroatoms. The number of benzene rings is 1. The van der Waals surface area contributed by atoms with Crippen LogP contribution in [0.3, 0.4) is 0 Å². The number of aryl methyl sites for hydroxylation is 1. The summed E-state index contributed by atoms with van der Waals surface area (Å²) in [6, 6.07) is 12.7. The van der Waals surface area contributed by atoms with Gasteiger partial charge < -0.3 is 4.40 Å². The Morgan fingerprint density at radius 3 is 2.56 bits per heavy atom. The summed E-state index contributed by atoms with van der Waals surface area (Å²) < 4.78 is 2.08. The molecule has 1 aromatic carbocycles. The fraction of sp³-hybridized carbons (Fsp3) is 0.133. The van der Waals surface area contributed by atoms with E-state index in [-0.39, 0.29) is 0 Å². The van der Waals surface area contributed by atoms with Gasteiger partial charge in [-0.3, -0.25) is 0 Å². The molecule has 0 N–H and O–H groups in total.